The third kappa shape index (κ3) is 6.09. The van der Waals surface area contributed by atoms with Crippen LogP contribution in [-0.4, -0.2) is 4.57 Å². The van der Waals surface area contributed by atoms with Gasteiger partial charge >= 0.3 is 0 Å². The van der Waals surface area contributed by atoms with E-state index in [4.69, 9.17) is 0 Å². The van der Waals surface area contributed by atoms with Crippen LogP contribution in [0.4, 0.5) is 17.1 Å². The van der Waals surface area contributed by atoms with E-state index in [9.17, 15) is 0 Å². The molecule has 12 rings (SSSR count). The maximum Gasteiger partial charge on any atom is 0.0541 e. The summed E-state index contributed by atoms with van der Waals surface area (Å²) in [5.74, 6) is 0. The molecule has 0 unspecified atom stereocenters. The fourth-order valence-corrected chi connectivity index (χ4v) is 10.2. The lowest BCUT2D eigenvalue weighted by atomic mass is 9.82. The number of hydrogen-bond acceptors (Lipinski definition) is 1. The van der Waals surface area contributed by atoms with Crippen LogP contribution in [0, 0.1) is 0 Å². The highest BCUT2D eigenvalue weighted by Crippen LogP contribution is 2.52. The number of aromatic nitrogens is 1. The standard InChI is InChI=1S/C61H44N2/c1-61(2)57-39-49(34-36-53(57)54-37-35-50(40-58(54)61)63-59-24-10-8-21-55(59)56-22-9-11-25-60(56)63)62(47-32-30-45(31-33-47)52-23-13-17-44-16-6-7-20-51(44)52)48-19-12-18-46(38-48)43-28-26-42(27-29-43)41-14-4-3-5-15-41/h3-40H,1-2H3. The number of hydrogen-bond donors (Lipinski definition) is 0. The van der Waals surface area contributed by atoms with Crippen LogP contribution in [0.1, 0.15) is 25.0 Å². The molecule has 0 saturated heterocycles. The van der Waals surface area contributed by atoms with Gasteiger partial charge in [0.2, 0.25) is 0 Å². The molecule has 2 heteroatoms. The molecule has 2 nitrogen and oxygen atoms in total. The predicted molar refractivity (Wildman–Crippen MR) is 267 cm³/mol. The highest BCUT2D eigenvalue weighted by Gasteiger charge is 2.36. The summed E-state index contributed by atoms with van der Waals surface area (Å²) < 4.78 is 2.43. The number of rotatable bonds is 7. The molecule has 1 aromatic heterocycles. The van der Waals surface area contributed by atoms with Crippen LogP contribution in [0.15, 0.2) is 231 Å². The summed E-state index contributed by atoms with van der Waals surface area (Å²) in [4.78, 5) is 2.43. The molecule has 0 fully saturated rings. The molecule has 0 N–H and O–H groups in total. The molecular weight excluding hydrogens is 761 g/mol. The zero-order chi connectivity index (χ0) is 42.1. The first-order valence-electron chi connectivity index (χ1n) is 21.9. The zero-order valence-corrected chi connectivity index (χ0v) is 35.3. The van der Waals surface area contributed by atoms with Crippen LogP contribution in [-0.2, 0) is 5.41 Å². The van der Waals surface area contributed by atoms with Crippen molar-refractivity contribution in [3.8, 4) is 50.2 Å². The van der Waals surface area contributed by atoms with Crippen molar-refractivity contribution < 1.29 is 0 Å². The predicted octanol–water partition coefficient (Wildman–Crippen LogP) is 16.7. The normalized spacial score (nSPS) is 12.7. The summed E-state index contributed by atoms with van der Waals surface area (Å²) >= 11 is 0. The van der Waals surface area contributed by atoms with Gasteiger partial charge in [-0.15, -0.1) is 0 Å². The third-order valence-electron chi connectivity index (χ3n) is 13.4. The van der Waals surface area contributed by atoms with Gasteiger partial charge in [-0.2, -0.15) is 0 Å². The Morgan fingerprint density at radius 1 is 0.333 bits per heavy atom. The molecule has 11 aromatic rings. The van der Waals surface area contributed by atoms with Gasteiger partial charge in [-0.3, -0.25) is 0 Å². The summed E-state index contributed by atoms with van der Waals surface area (Å²) in [6, 6.07) is 84.6. The van der Waals surface area contributed by atoms with E-state index in [0.29, 0.717) is 0 Å². The fourth-order valence-electron chi connectivity index (χ4n) is 10.2. The molecule has 298 valence electrons. The summed E-state index contributed by atoms with van der Waals surface area (Å²) in [5.41, 5.74) is 19.3. The third-order valence-corrected chi connectivity index (χ3v) is 13.4. The van der Waals surface area contributed by atoms with Gasteiger partial charge in [-0.25, -0.2) is 0 Å². The second-order valence-electron chi connectivity index (χ2n) is 17.4. The molecule has 1 aliphatic rings. The van der Waals surface area contributed by atoms with E-state index in [-0.39, 0.29) is 5.41 Å². The van der Waals surface area contributed by atoms with Crippen molar-refractivity contribution in [3.05, 3.63) is 242 Å². The summed E-state index contributed by atoms with van der Waals surface area (Å²) in [5, 5.41) is 5.06. The Morgan fingerprint density at radius 3 is 1.57 bits per heavy atom. The van der Waals surface area contributed by atoms with Gasteiger partial charge < -0.3 is 9.47 Å². The lowest BCUT2D eigenvalue weighted by Gasteiger charge is -2.28. The maximum absolute atomic E-state index is 2.44. The van der Waals surface area contributed by atoms with E-state index < -0.39 is 0 Å². The van der Waals surface area contributed by atoms with Crippen molar-refractivity contribution >= 4 is 49.6 Å². The topological polar surface area (TPSA) is 8.17 Å². The first-order valence-corrected chi connectivity index (χ1v) is 21.9. The Bertz CT molecular complexity index is 3460. The largest absolute Gasteiger partial charge is 0.310 e. The minimum absolute atomic E-state index is 0.234. The molecule has 0 spiro atoms. The minimum Gasteiger partial charge on any atom is -0.310 e. The number of fused-ring (bicyclic) bond motifs is 7. The van der Waals surface area contributed by atoms with Gasteiger partial charge in [-0.1, -0.05) is 184 Å². The molecule has 0 bridgehead atoms. The van der Waals surface area contributed by atoms with Gasteiger partial charge in [0.25, 0.3) is 0 Å². The monoisotopic (exact) mass is 804 g/mol. The Balaban J connectivity index is 0.966. The summed E-state index contributed by atoms with van der Waals surface area (Å²) in [6.45, 7) is 4.78. The SMILES string of the molecule is CC1(C)c2cc(N(c3ccc(-c4cccc5ccccc45)cc3)c3cccc(-c4ccc(-c5ccccc5)cc4)c3)ccc2-c2ccc(-n3c4ccccc4c4ccccc43)cc21. The van der Waals surface area contributed by atoms with Crippen LogP contribution < -0.4 is 4.90 Å². The molecule has 10 aromatic carbocycles. The van der Waals surface area contributed by atoms with Gasteiger partial charge in [0, 0.05) is 38.9 Å². The van der Waals surface area contributed by atoms with Crippen molar-refractivity contribution in [3.63, 3.8) is 0 Å². The van der Waals surface area contributed by atoms with Crippen LogP contribution in [0.2, 0.25) is 0 Å². The Morgan fingerprint density at radius 2 is 0.841 bits per heavy atom. The Kier molecular flexibility index (Phi) is 8.55. The van der Waals surface area contributed by atoms with Gasteiger partial charge in [0.15, 0.2) is 0 Å². The van der Waals surface area contributed by atoms with E-state index >= 15 is 0 Å². The summed E-state index contributed by atoms with van der Waals surface area (Å²) in [7, 11) is 0. The average Bonchev–Trinajstić information content (AvgIpc) is 3.80. The quantitative estimate of drug-likeness (QED) is 0.156. The van der Waals surface area contributed by atoms with Crippen molar-refractivity contribution in [2.45, 2.75) is 19.3 Å². The molecule has 0 atom stereocenters. The van der Waals surface area contributed by atoms with Crippen LogP contribution in [0.25, 0.3) is 82.8 Å². The van der Waals surface area contributed by atoms with Crippen molar-refractivity contribution in [1.82, 2.24) is 4.57 Å². The van der Waals surface area contributed by atoms with Crippen molar-refractivity contribution in [2.24, 2.45) is 0 Å². The number of benzene rings is 10. The molecule has 1 heterocycles. The molecule has 0 aliphatic heterocycles. The number of anilines is 3. The molecule has 0 saturated carbocycles. The fraction of sp³-hybridized carbons (Fsp3) is 0.0492. The average molecular weight is 805 g/mol. The molecule has 0 amide bonds. The highest BCUT2D eigenvalue weighted by atomic mass is 15.1. The zero-order valence-electron chi connectivity index (χ0n) is 35.3. The van der Waals surface area contributed by atoms with E-state index in [1.807, 2.05) is 0 Å². The van der Waals surface area contributed by atoms with Crippen LogP contribution in [0.5, 0.6) is 0 Å². The molecule has 1 aliphatic carbocycles. The smallest absolute Gasteiger partial charge is 0.0541 e. The summed E-state index contributed by atoms with van der Waals surface area (Å²) in [6.07, 6.45) is 0. The van der Waals surface area contributed by atoms with Crippen LogP contribution >= 0.6 is 0 Å². The number of nitrogens with zero attached hydrogens (tertiary/aromatic N) is 2. The van der Waals surface area contributed by atoms with Crippen molar-refractivity contribution in [1.29, 1.82) is 0 Å². The lowest BCUT2D eigenvalue weighted by Crippen LogP contribution is -2.17. The van der Waals surface area contributed by atoms with Gasteiger partial charge in [-0.05, 0) is 127 Å². The van der Waals surface area contributed by atoms with Crippen molar-refractivity contribution in [2.75, 3.05) is 4.90 Å². The van der Waals surface area contributed by atoms with E-state index in [1.54, 1.807) is 0 Å². The second-order valence-corrected chi connectivity index (χ2v) is 17.4. The maximum atomic E-state index is 2.44. The Hall–Kier alpha value is -7.94. The first kappa shape index (κ1) is 36.9. The molecule has 0 radical (unpaired) electrons. The van der Waals surface area contributed by atoms with Crippen LogP contribution in [0.3, 0.4) is 0 Å². The Labute approximate surface area is 368 Å². The lowest BCUT2D eigenvalue weighted by molar-refractivity contribution is 0.660. The minimum atomic E-state index is -0.234. The highest BCUT2D eigenvalue weighted by molar-refractivity contribution is 6.09. The molecule has 63 heavy (non-hydrogen) atoms. The second kappa shape index (κ2) is 14.6. The molecular formula is C61H44N2. The first-order chi connectivity index (χ1) is 31.0. The van der Waals surface area contributed by atoms with E-state index in [1.165, 1.54) is 93.9 Å². The van der Waals surface area contributed by atoms with E-state index in [2.05, 4.69) is 254 Å². The number of para-hydroxylation sites is 2. The van der Waals surface area contributed by atoms with Gasteiger partial charge in [0.1, 0.15) is 0 Å². The van der Waals surface area contributed by atoms with E-state index in [0.717, 1.165) is 17.1 Å². The van der Waals surface area contributed by atoms with Gasteiger partial charge in [0.05, 0.1) is 11.0 Å².